The third kappa shape index (κ3) is 4.02. The molecule has 0 atom stereocenters. The van der Waals surface area contributed by atoms with Crippen LogP contribution in [0.25, 0.3) is 10.2 Å². The Kier molecular flexibility index (Phi) is 6.14. The average Bonchev–Trinajstić information content (AvgIpc) is 2.92. The first-order valence-corrected chi connectivity index (χ1v) is 8.49. The summed E-state index contributed by atoms with van der Waals surface area (Å²) in [6.07, 6.45) is 3.80. The Morgan fingerprint density at radius 3 is 3.00 bits per heavy atom. The minimum atomic E-state index is 0.151. The van der Waals surface area contributed by atoms with E-state index in [1.807, 2.05) is 12.1 Å². The van der Waals surface area contributed by atoms with Crippen molar-refractivity contribution in [2.75, 3.05) is 13.2 Å². The molecule has 1 aromatic carbocycles. The third-order valence-electron chi connectivity index (χ3n) is 3.08. The fourth-order valence-electron chi connectivity index (χ4n) is 1.84. The summed E-state index contributed by atoms with van der Waals surface area (Å²) in [5.41, 5.74) is 6.81. The van der Waals surface area contributed by atoms with Crippen molar-refractivity contribution in [2.45, 2.75) is 26.2 Å². The van der Waals surface area contributed by atoms with Gasteiger partial charge in [-0.2, -0.15) is 0 Å². The predicted molar refractivity (Wildman–Crippen MR) is 89.7 cm³/mol. The fraction of sp³-hybridized carbons (Fsp3) is 0.400. The lowest BCUT2D eigenvalue weighted by atomic mass is 10.2. The highest BCUT2D eigenvalue weighted by Crippen LogP contribution is 2.37. The summed E-state index contributed by atoms with van der Waals surface area (Å²) in [6, 6.07) is 3.78. The number of benzene rings is 1. The van der Waals surface area contributed by atoms with Gasteiger partial charge in [-0.15, -0.1) is 11.3 Å². The van der Waals surface area contributed by atoms with Crippen molar-refractivity contribution in [3.05, 3.63) is 33.5 Å². The number of fused-ring (bicyclic) bond motifs is 1. The number of nitrogens with zero attached hydrogens (tertiary/aromatic N) is 1. The number of halogens is 2. The molecule has 0 unspecified atom stereocenters. The van der Waals surface area contributed by atoms with E-state index in [4.69, 9.17) is 10.5 Å². The van der Waals surface area contributed by atoms with E-state index in [9.17, 15) is 4.39 Å². The normalized spacial score (nSPS) is 12.1. The van der Waals surface area contributed by atoms with Crippen LogP contribution in [-0.2, 0) is 6.42 Å². The van der Waals surface area contributed by atoms with Gasteiger partial charge in [-0.3, -0.25) is 0 Å². The zero-order valence-corrected chi connectivity index (χ0v) is 14.3. The van der Waals surface area contributed by atoms with E-state index in [1.165, 1.54) is 0 Å². The van der Waals surface area contributed by atoms with Gasteiger partial charge in [0.25, 0.3) is 0 Å². The van der Waals surface area contributed by atoms with Crippen LogP contribution in [0, 0.1) is 0 Å². The van der Waals surface area contributed by atoms with Crippen molar-refractivity contribution < 1.29 is 9.13 Å². The van der Waals surface area contributed by atoms with Crippen molar-refractivity contribution in [1.82, 2.24) is 4.98 Å². The first-order chi connectivity index (χ1) is 10.2. The molecule has 0 bridgehead atoms. The SMILES string of the molecule is CCCCc1nc2ccc(OC/C(=C/F)CN)c(Br)c2s1. The van der Waals surface area contributed by atoms with Gasteiger partial charge in [-0.25, -0.2) is 9.37 Å². The number of unbranched alkanes of at least 4 members (excludes halogenated alkanes) is 1. The van der Waals surface area contributed by atoms with Crippen LogP contribution < -0.4 is 10.5 Å². The Balaban J connectivity index is 2.20. The van der Waals surface area contributed by atoms with Gasteiger partial charge in [0.1, 0.15) is 12.4 Å². The summed E-state index contributed by atoms with van der Waals surface area (Å²) in [7, 11) is 0. The molecule has 0 saturated heterocycles. The summed E-state index contributed by atoms with van der Waals surface area (Å²) in [6.45, 7) is 2.47. The molecule has 0 saturated carbocycles. The standard InChI is InChI=1S/C15H18BrFN2OS/c1-2-3-4-13-19-11-5-6-12(14(16)15(11)21-13)20-9-10(7-17)8-18/h5-7H,2-4,8-9,18H2,1H3/b10-7+. The Morgan fingerprint density at radius 2 is 2.33 bits per heavy atom. The number of hydrogen-bond donors (Lipinski definition) is 1. The van der Waals surface area contributed by atoms with Gasteiger partial charge in [0.15, 0.2) is 0 Å². The van der Waals surface area contributed by atoms with Crippen LogP contribution in [0.1, 0.15) is 24.8 Å². The molecule has 0 amide bonds. The molecule has 0 aliphatic carbocycles. The van der Waals surface area contributed by atoms with Gasteiger partial charge in [-0.1, -0.05) is 13.3 Å². The fourth-order valence-corrected chi connectivity index (χ4v) is 3.57. The molecule has 3 nitrogen and oxygen atoms in total. The van der Waals surface area contributed by atoms with Crippen LogP contribution in [0.5, 0.6) is 5.75 Å². The Hall–Kier alpha value is -0.980. The van der Waals surface area contributed by atoms with Gasteiger partial charge in [0, 0.05) is 12.1 Å². The molecular formula is C15H18BrFN2OS. The van der Waals surface area contributed by atoms with Crippen LogP contribution in [0.2, 0.25) is 0 Å². The maximum absolute atomic E-state index is 12.5. The molecule has 0 fully saturated rings. The van der Waals surface area contributed by atoms with Crippen LogP contribution >= 0.6 is 27.3 Å². The number of nitrogens with two attached hydrogens (primary N) is 1. The molecule has 0 spiro atoms. The second kappa shape index (κ2) is 7.87. The summed E-state index contributed by atoms with van der Waals surface area (Å²) >= 11 is 5.23. The third-order valence-corrected chi connectivity index (χ3v) is 5.28. The quantitative estimate of drug-likeness (QED) is 0.772. The molecule has 0 aliphatic rings. The number of hydrogen-bond acceptors (Lipinski definition) is 4. The van der Waals surface area contributed by atoms with Crippen molar-refractivity contribution in [1.29, 1.82) is 0 Å². The topological polar surface area (TPSA) is 48.1 Å². The predicted octanol–water partition coefficient (Wildman–Crippen LogP) is 4.59. The first-order valence-electron chi connectivity index (χ1n) is 6.88. The van der Waals surface area contributed by atoms with Gasteiger partial charge in [0.05, 0.1) is 26.0 Å². The summed E-state index contributed by atoms with van der Waals surface area (Å²) < 4.78 is 20.1. The molecular weight excluding hydrogens is 355 g/mol. The van der Waals surface area contributed by atoms with E-state index >= 15 is 0 Å². The van der Waals surface area contributed by atoms with Crippen molar-refractivity contribution in [2.24, 2.45) is 5.73 Å². The Bertz CT molecular complexity index is 642. The second-order valence-corrected chi connectivity index (χ2v) is 6.57. The highest BCUT2D eigenvalue weighted by molar-refractivity contribution is 9.10. The molecule has 1 heterocycles. The van der Waals surface area contributed by atoms with E-state index in [-0.39, 0.29) is 13.2 Å². The maximum Gasteiger partial charge on any atom is 0.135 e. The Labute approximate surface area is 136 Å². The minimum Gasteiger partial charge on any atom is -0.488 e. The van der Waals surface area contributed by atoms with Gasteiger partial charge >= 0.3 is 0 Å². The van der Waals surface area contributed by atoms with Crippen LogP contribution in [-0.4, -0.2) is 18.1 Å². The number of ether oxygens (including phenoxy) is 1. The molecule has 114 valence electrons. The number of aromatic nitrogens is 1. The summed E-state index contributed by atoms with van der Waals surface area (Å²) in [5.74, 6) is 0.681. The van der Waals surface area contributed by atoms with Gasteiger partial charge < -0.3 is 10.5 Å². The van der Waals surface area contributed by atoms with Crippen molar-refractivity contribution in [3.8, 4) is 5.75 Å². The molecule has 6 heteroatoms. The van der Waals surface area contributed by atoms with Gasteiger partial charge in [0.2, 0.25) is 0 Å². The maximum atomic E-state index is 12.5. The largest absolute Gasteiger partial charge is 0.488 e. The van der Waals surface area contributed by atoms with E-state index < -0.39 is 0 Å². The number of aryl methyl sites for hydroxylation is 1. The number of rotatable bonds is 7. The molecule has 2 aromatic rings. The highest BCUT2D eigenvalue weighted by Gasteiger charge is 2.12. The summed E-state index contributed by atoms with van der Waals surface area (Å²) in [5, 5.41) is 1.14. The lowest BCUT2D eigenvalue weighted by molar-refractivity contribution is 0.346. The molecule has 0 aliphatic heterocycles. The van der Waals surface area contributed by atoms with E-state index in [2.05, 4.69) is 27.8 Å². The van der Waals surface area contributed by atoms with Crippen LogP contribution in [0.15, 0.2) is 28.5 Å². The zero-order valence-electron chi connectivity index (χ0n) is 11.9. The highest BCUT2D eigenvalue weighted by atomic mass is 79.9. The number of thiazole rings is 1. The van der Waals surface area contributed by atoms with E-state index in [1.54, 1.807) is 11.3 Å². The molecule has 21 heavy (non-hydrogen) atoms. The van der Waals surface area contributed by atoms with Crippen LogP contribution in [0.3, 0.4) is 0 Å². The lowest BCUT2D eigenvalue weighted by Crippen LogP contribution is -2.10. The van der Waals surface area contributed by atoms with Crippen molar-refractivity contribution >= 4 is 37.5 Å². The van der Waals surface area contributed by atoms with Crippen LogP contribution in [0.4, 0.5) is 4.39 Å². The monoisotopic (exact) mass is 372 g/mol. The van der Waals surface area contributed by atoms with Crippen molar-refractivity contribution in [3.63, 3.8) is 0 Å². The molecule has 0 radical (unpaired) electrons. The molecule has 1 aromatic heterocycles. The minimum absolute atomic E-state index is 0.151. The Morgan fingerprint density at radius 1 is 1.52 bits per heavy atom. The molecule has 2 rings (SSSR count). The molecule has 2 N–H and O–H groups in total. The van der Waals surface area contributed by atoms with E-state index in [0.717, 1.165) is 39.0 Å². The second-order valence-electron chi connectivity index (χ2n) is 4.70. The zero-order chi connectivity index (χ0) is 15.2. The van der Waals surface area contributed by atoms with Gasteiger partial charge in [-0.05, 0) is 40.9 Å². The van der Waals surface area contributed by atoms with E-state index in [0.29, 0.717) is 17.7 Å². The smallest absolute Gasteiger partial charge is 0.135 e. The lowest BCUT2D eigenvalue weighted by Gasteiger charge is -2.09. The summed E-state index contributed by atoms with van der Waals surface area (Å²) in [4.78, 5) is 4.62. The first kappa shape index (κ1) is 16.4. The average molecular weight is 373 g/mol.